The lowest BCUT2D eigenvalue weighted by Gasteiger charge is -2.35. The minimum Gasteiger partial charge on any atom is -0.296 e. The van der Waals surface area contributed by atoms with E-state index in [9.17, 15) is 4.79 Å². The third-order valence-electron chi connectivity index (χ3n) is 5.49. The molecular weight excluding hydrogens is 286 g/mol. The van der Waals surface area contributed by atoms with Gasteiger partial charge in [-0.05, 0) is 38.3 Å². The Morgan fingerprint density at radius 3 is 2.52 bits per heavy atom. The fourth-order valence-corrected chi connectivity index (χ4v) is 4.13. The molecule has 0 radical (unpaired) electrons. The van der Waals surface area contributed by atoms with Gasteiger partial charge in [-0.2, -0.15) is 5.10 Å². The third kappa shape index (κ3) is 3.85. The van der Waals surface area contributed by atoms with Crippen molar-refractivity contribution in [3.63, 3.8) is 0 Å². The number of hydrogen-bond acceptors (Lipinski definition) is 3. The summed E-state index contributed by atoms with van der Waals surface area (Å²) in [6, 6.07) is 4.79. The summed E-state index contributed by atoms with van der Waals surface area (Å²) in [7, 11) is 0. The molecule has 1 atom stereocenters. The van der Waals surface area contributed by atoms with E-state index < -0.39 is 0 Å². The fourth-order valence-electron chi connectivity index (χ4n) is 4.13. The zero-order valence-corrected chi connectivity index (χ0v) is 14.9. The van der Waals surface area contributed by atoms with Gasteiger partial charge < -0.3 is 0 Å². The van der Waals surface area contributed by atoms with E-state index in [1.165, 1.54) is 51.5 Å². The Labute approximate surface area is 139 Å². The lowest BCUT2D eigenvalue weighted by molar-refractivity contribution is 0.128. The molecule has 23 heavy (non-hydrogen) atoms. The summed E-state index contributed by atoms with van der Waals surface area (Å²) in [4.78, 5) is 14.9. The fraction of sp³-hybridized carbons (Fsp3) is 0.789. The Bertz CT molecular complexity index is 581. The molecule has 2 aliphatic rings. The van der Waals surface area contributed by atoms with Crippen molar-refractivity contribution in [1.82, 2.24) is 14.7 Å². The number of rotatable bonds is 3. The van der Waals surface area contributed by atoms with Crippen LogP contribution in [0.2, 0.25) is 0 Å². The van der Waals surface area contributed by atoms with E-state index in [2.05, 4.69) is 30.8 Å². The summed E-state index contributed by atoms with van der Waals surface area (Å²) in [5, 5.41) is 4.66. The third-order valence-corrected chi connectivity index (χ3v) is 5.49. The van der Waals surface area contributed by atoms with E-state index in [0.29, 0.717) is 6.04 Å². The predicted octanol–water partition coefficient (Wildman–Crippen LogP) is 3.34. The Morgan fingerprint density at radius 1 is 1.09 bits per heavy atom. The van der Waals surface area contributed by atoms with Crippen molar-refractivity contribution in [2.45, 2.75) is 89.8 Å². The molecule has 4 heteroatoms. The van der Waals surface area contributed by atoms with Gasteiger partial charge in [-0.3, -0.25) is 9.69 Å². The molecule has 2 fully saturated rings. The average molecular weight is 317 g/mol. The van der Waals surface area contributed by atoms with E-state index in [-0.39, 0.29) is 11.0 Å². The maximum atomic E-state index is 12.3. The van der Waals surface area contributed by atoms with Gasteiger partial charge in [-0.15, -0.1) is 0 Å². The molecule has 1 aromatic rings. The monoisotopic (exact) mass is 317 g/mol. The molecule has 2 heterocycles. The molecule has 0 bridgehead atoms. The molecule has 0 N–H and O–H groups in total. The highest BCUT2D eigenvalue weighted by Gasteiger charge is 2.32. The van der Waals surface area contributed by atoms with Crippen LogP contribution in [-0.4, -0.2) is 33.3 Å². The van der Waals surface area contributed by atoms with Crippen LogP contribution in [0.15, 0.2) is 16.9 Å². The van der Waals surface area contributed by atoms with Crippen molar-refractivity contribution in [1.29, 1.82) is 0 Å². The summed E-state index contributed by atoms with van der Waals surface area (Å²) in [6.07, 6.45) is 9.25. The van der Waals surface area contributed by atoms with Crippen LogP contribution < -0.4 is 5.56 Å². The second-order valence-electron chi connectivity index (χ2n) is 8.31. The van der Waals surface area contributed by atoms with E-state index >= 15 is 0 Å². The second kappa shape index (κ2) is 6.76. The molecule has 1 aromatic heterocycles. The lowest BCUT2D eigenvalue weighted by Crippen LogP contribution is -2.44. The van der Waals surface area contributed by atoms with E-state index in [0.717, 1.165) is 18.3 Å². The van der Waals surface area contributed by atoms with Crippen molar-refractivity contribution in [3.05, 3.63) is 28.2 Å². The summed E-state index contributed by atoms with van der Waals surface area (Å²) in [5.41, 5.74) is 1.02. The Balaban J connectivity index is 1.76. The van der Waals surface area contributed by atoms with E-state index in [1.54, 1.807) is 10.7 Å². The van der Waals surface area contributed by atoms with Crippen LogP contribution in [0, 0.1) is 0 Å². The SMILES string of the molecule is CC(C)(C)c1ccc(=O)n(CC2CCCN2C2CCCCC2)n1. The van der Waals surface area contributed by atoms with Gasteiger partial charge >= 0.3 is 0 Å². The average Bonchev–Trinajstić information content (AvgIpc) is 2.97. The van der Waals surface area contributed by atoms with Gasteiger partial charge in [-0.1, -0.05) is 40.0 Å². The molecule has 1 saturated heterocycles. The largest absolute Gasteiger partial charge is 0.296 e. The first-order chi connectivity index (χ1) is 10.9. The minimum absolute atomic E-state index is 0.0197. The van der Waals surface area contributed by atoms with Crippen LogP contribution in [0.3, 0.4) is 0 Å². The lowest BCUT2D eigenvalue weighted by atomic mass is 9.92. The van der Waals surface area contributed by atoms with Gasteiger partial charge in [0.1, 0.15) is 0 Å². The van der Waals surface area contributed by atoms with Gasteiger partial charge in [0.2, 0.25) is 0 Å². The molecule has 4 nitrogen and oxygen atoms in total. The van der Waals surface area contributed by atoms with E-state index in [1.807, 2.05) is 6.07 Å². The maximum Gasteiger partial charge on any atom is 0.266 e. The normalized spacial score (nSPS) is 24.2. The van der Waals surface area contributed by atoms with Gasteiger partial charge in [0.15, 0.2) is 0 Å². The predicted molar refractivity (Wildman–Crippen MR) is 93.8 cm³/mol. The highest BCUT2D eigenvalue weighted by atomic mass is 16.1. The quantitative estimate of drug-likeness (QED) is 0.858. The van der Waals surface area contributed by atoms with Crippen LogP contribution in [0.4, 0.5) is 0 Å². The van der Waals surface area contributed by atoms with Crippen molar-refractivity contribution in [2.24, 2.45) is 0 Å². The summed E-state index contributed by atoms with van der Waals surface area (Å²) in [5.74, 6) is 0. The van der Waals surface area contributed by atoms with Crippen molar-refractivity contribution < 1.29 is 0 Å². The van der Waals surface area contributed by atoms with Gasteiger partial charge in [0, 0.05) is 23.6 Å². The molecule has 1 aliphatic heterocycles. The molecule has 0 spiro atoms. The summed E-state index contributed by atoms with van der Waals surface area (Å²) in [6.45, 7) is 8.39. The van der Waals surface area contributed by atoms with Gasteiger partial charge in [-0.25, -0.2) is 4.68 Å². The highest BCUT2D eigenvalue weighted by Crippen LogP contribution is 2.29. The minimum atomic E-state index is -0.0197. The standard InChI is InChI=1S/C19H31N3O/c1-19(2,3)17-11-12-18(23)22(20-17)14-16-10-7-13-21(16)15-8-5-4-6-9-15/h11-12,15-16H,4-10,13-14H2,1-3H3. The molecular formula is C19H31N3O. The van der Waals surface area contributed by atoms with Crippen molar-refractivity contribution in [2.75, 3.05) is 6.54 Å². The number of aromatic nitrogens is 2. The van der Waals surface area contributed by atoms with Crippen LogP contribution >= 0.6 is 0 Å². The second-order valence-corrected chi connectivity index (χ2v) is 8.31. The Kier molecular flexibility index (Phi) is 4.90. The topological polar surface area (TPSA) is 38.1 Å². The zero-order chi connectivity index (χ0) is 16.4. The molecule has 128 valence electrons. The smallest absolute Gasteiger partial charge is 0.266 e. The van der Waals surface area contributed by atoms with Gasteiger partial charge in [0.05, 0.1) is 12.2 Å². The summed E-state index contributed by atoms with van der Waals surface area (Å²) >= 11 is 0. The van der Waals surface area contributed by atoms with Gasteiger partial charge in [0.25, 0.3) is 5.56 Å². The summed E-state index contributed by atoms with van der Waals surface area (Å²) < 4.78 is 1.71. The first kappa shape index (κ1) is 16.7. The Hall–Kier alpha value is -1.16. The number of hydrogen-bond donors (Lipinski definition) is 0. The molecule has 3 rings (SSSR count). The zero-order valence-electron chi connectivity index (χ0n) is 14.9. The first-order valence-corrected chi connectivity index (χ1v) is 9.29. The molecule has 0 aromatic carbocycles. The molecule has 1 unspecified atom stereocenters. The first-order valence-electron chi connectivity index (χ1n) is 9.29. The van der Waals surface area contributed by atoms with Crippen LogP contribution in [0.5, 0.6) is 0 Å². The van der Waals surface area contributed by atoms with Crippen LogP contribution in [0.25, 0.3) is 0 Å². The maximum absolute atomic E-state index is 12.3. The van der Waals surface area contributed by atoms with Crippen LogP contribution in [-0.2, 0) is 12.0 Å². The van der Waals surface area contributed by atoms with Crippen molar-refractivity contribution in [3.8, 4) is 0 Å². The highest BCUT2D eigenvalue weighted by molar-refractivity contribution is 5.10. The van der Waals surface area contributed by atoms with Crippen molar-refractivity contribution >= 4 is 0 Å². The van der Waals surface area contributed by atoms with Crippen LogP contribution in [0.1, 0.15) is 71.4 Å². The number of likely N-dealkylation sites (tertiary alicyclic amines) is 1. The molecule has 1 aliphatic carbocycles. The Morgan fingerprint density at radius 2 is 1.83 bits per heavy atom. The van der Waals surface area contributed by atoms with E-state index in [4.69, 9.17) is 0 Å². The molecule has 0 amide bonds. The number of nitrogens with zero attached hydrogens (tertiary/aromatic N) is 3. The molecule has 1 saturated carbocycles.